The van der Waals surface area contributed by atoms with E-state index in [9.17, 15) is 4.79 Å². The molecule has 0 atom stereocenters. The molecule has 4 aromatic rings. The molecule has 5 rings (SSSR count). The van der Waals surface area contributed by atoms with E-state index in [0.29, 0.717) is 18.3 Å². The number of rotatable bonds is 2. The second kappa shape index (κ2) is 7.78. The van der Waals surface area contributed by atoms with E-state index in [0.717, 1.165) is 47.5 Å². The highest BCUT2D eigenvalue weighted by atomic mass is 16.1. The number of benzene rings is 1. The number of hydrogen-bond acceptors (Lipinski definition) is 7. The Bertz CT molecular complexity index is 1200. The number of fused-ring (bicyclic) bond motifs is 3. The summed E-state index contributed by atoms with van der Waals surface area (Å²) in [5.74, 6) is 0.997. The number of aryl methyl sites for hydroxylation is 1. The molecule has 1 amide bonds. The van der Waals surface area contributed by atoms with Gasteiger partial charge in [0.1, 0.15) is 0 Å². The number of amides is 1. The van der Waals surface area contributed by atoms with Crippen LogP contribution in [0.3, 0.4) is 0 Å². The fraction of sp³-hybridized carbons (Fsp3) is 0.190. The number of pyridine rings is 1. The Morgan fingerprint density at radius 3 is 2.70 bits per heavy atom. The van der Waals surface area contributed by atoms with Gasteiger partial charge in [0, 0.05) is 29.6 Å². The van der Waals surface area contributed by atoms with Crippen LogP contribution in [0, 0.1) is 0 Å². The maximum absolute atomic E-state index is 12.2. The van der Waals surface area contributed by atoms with Gasteiger partial charge in [0.2, 0.25) is 17.8 Å². The molecule has 0 fully saturated rings. The summed E-state index contributed by atoms with van der Waals surface area (Å²) >= 11 is 0. The van der Waals surface area contributed by atoms with E-state index >= 15 is 0 Å². The van der Waals surface area contributed by atoms with E-state index in [4.69, 9.17) is 4.98 Å². The Kier molecular flexibility index (Phi) is 4.68. The normalized spacial score (nSPS) is 14.1. The zero-order chi connectivity index (χ0) is 20.3. The predicted octanol–water partition coefficient (Wildman–Crippen LogP) is 3.67. The lowest BCUT2D eigenvalue weighted by atomic mass is 10.1. The zero-order valence-electron chi connectivity index (χ0n) is 16.2. The molecule has 9 nitrogen and oxygen atoms in total. The first-order valence-electron chi connectivity index (χ1n) is 9.83. The zero-order valence-corrected chi connectivity index (χ0v) is 16.2. The first-order valence-corrected chi connectivity index (χ1v) is 9.83. The van der Waals surface area contributed by atoms with Gasteiger partial charge in [0.05, 0.1) is 18.1 Å². The van der Waals surface area contributed by atoms with Crippen LogP contribution in [-0.4, -0.2) is 30.5 Å². The average Bonchev–Trinajstić information content (AvgIpc) is 3.15. The number of hydrogen-bond donors (Lipinski definition) is 3. The number of carbonyl (C=O) groups excluding carboxylic acids is 1. The van der Waals surface area contributed by atoms with E-state index in [2.05, 4.69) is 31.0 Å². The van der Waals surface area contributed by atoms with Crippen LogP contribution in [0.5, 0.6) is 0 Å². The van der Waals surface area contributed by atoms with Gasteiger partial charge in [0.25, 0.3) is 0 Å². The highest BCUT2D eigenvalue weighted by Gasteiger charge is 2.15. The summed E-state index contributed by atoms with van der Waals surface area (Å²) < 4.78 is 1.70. The van der Waals surface area contributed by atoms with Crippen molar-refractivity contribution in [2.45, 2.75) is 25.7 Å². The van der Waals surface area contributed by atoms with Gasteiger partial charge in [-0.15, -0.1) is 0 Å². The van der Waals surface area contributed by atoms with Gasteiger partial charge in [-0.3, -0.25) is 9.78 Å². The van der Waals surface area contributed by atoms with Gasteiger partial charge < -0.3 is 16.0 Å². The number of nitrogens with one attached hydrogen (secondary N) is 3. The molecule has 9 heteroatoms. The van der Waals surface area contributed by atoms with Crippen LogP contribution in [0.1, 0.15) is 24.8 Å². The Morgan fingerprint density at radius 1 is 0.967 bits per heavy atom. The topological polar surface area (TPSA) is 109 Å². The Hall–Kier alpha value is -4.01. The maximum Gasteiger partial charge on any atom is 0.233 e. The Labute approximate surface area is 172 Å². The summed E-state index contributed by atoms with van der Waals surface area (Å²) in [6.07, 6.45) is 8.18. The van der Waals surface area contributed by atoms with Gasteiger partial charge in [-0.1, -0.05) is 6.07 Å². The highest BCUT2D eigenvalue weighted by molar-refractivity contribution is 5.91. The highest BCUT2D eigenvalue weighted by Crippen LogP contribution is 2.24. The second-order valence-corrected chi connectivity index (χ2v) is 7.10. The van der Waals surface area contributed by atoms with E-state index in [1.807, 2.05) is 42.6 Å². The van der Waals surface area contributed by atoms with Crippen molar-refractivity contribution < 1.29 is 4.79 Å². The lowest BCUT2D eigenvalue weighted by Gasteiger charge is -2.12. The third-order valence-corrected chi connectivity index (χ3v) is 4.86. The molecule has 0 unspecified atom stereocenters. The van der Waals surface area contributed by atoms with Crippen molar-refractivity contribution in [1.29, 1.82) is 0 Å². The fourth-order valence-electron chi connectivity index (χ4n) is 3.43. The van der Waals surface area contributed by atoms with Crippen molar-refractivity contribution in [2.24, 2.45) is 0 Å². The molecule has 4 bridgehead atoms. The maximum atomic E-state index is 12.2. The predicted molar refractivity (Wildman–Crippen MR) is 114 cm³/mol. The molecular weight excluding hydrogens is 380 g/mol. The number of carbonyl (C=O) groups is 1. The minimum Gasteiger partial charge on any atom is -0.326 e. The van der Waals surface area contributed by atoms with Crippen LogP contribution in [0.25, 0.3) is 5.65 Å². The van der Waals surface area contributed by atoms with E-state index in [-0.39, 0.29) is 5.91 Å². The van der Waals surface area contributed by atoms with Crippen molar-refractivity contribution in [3.8, 4) is 0 Å². The molecule has 4 heterocycles. The van der Waals surface area contributed by atoms with Gasteiger partial charge in [-0.2, -0.15) is 19.6 Å². The standard InChI is InChI=1S/C21H20N8O/c30-18-9-2-1-5-14-12-23-29-19(14)27-20(25-16-7-3-6-15(11-16)24-18)28-21(29)26-17-8-4-10-22-13-17/h3-4,6-8,10-13H,1-2,5,9H2,(H,24,30)(H2,25,26,27,28). The molecule has 150 valence electrons. The largest absolute Gasteiger partial charge is 0.326 e. The molecule has 3 N–H and O–H groups in total. The summed E-state index contributed by atoms with van der Waals surface area (Å²) in [6.45, 7) is 0. The summed E-state index contributed by atoms with van der Waals surface area (Å²) in [4.78, 5) is 25.7. The summed E-state index contributed by atoms with van der Waals surface area (Å²) in [6, 6.07) is 11.3. The van der Waals surface area contributed by atoms with E-state index < -0.39 is 0 Å². The smallest absolute Gasteiger partial charge is 0.233 e. The van der Waals surface area contributed by atoms with Gasteiger partial charge in [-0.05, 0) is 49.6 Å². The molecule has 30 heavy (non-hydrogen) atoms. The minimum atomic E-state index is 0.0158. The van der Waals surface area contributed by atoms with Crippen LogP contribution >= 0.6 is 0 Å². The molecule has 1 aliphatic rings. The van der Waals surface area contributed by atoms with Gasteiger partial charge in [0.15, 0.2) is 5.65 Å². The third kappa shape index (κ3) is 3.77. The lowest BCUT2D eigenvalue weighted by molar-refractivity contribution is -0.116. The van der Waals surface area contributed by atoms with Gasteiger partial charge >= 0.3 is 0 Å². The van der Waals surface area contributed by atoms with Crippen molar-refractivity contribution in [3.05, 3.63) is 60.6 Å². The van der Waals surface area contributed by atoms with E-state index in [1.165, 1.54) is 0 Å². The molecule has 0 aliphatic carbocycles. The molecule has 3 aromatic heterocycles. The molecule has 0 radical (unpaired) electrons. The van der Waals surface area contributed by atoms with E-state index in [1.54, 1.807) is 16.9 Å². The summed E-state index contributed by atoms with van der Waals surface area (Å²) in [5.41, 5.74) is 4.07. The fourth-order valence-corrected chi connectivity index (χ4v) is 3.43. The molecule has 0 saturated heterocycles. The quantitative estimate of drug-likeness (QED) is 0.471. The SMILES string of the molecule is O=C1CCCCc2cnn3c(Nc4cccnc4)nc(nc23)Nc2cccc(c2)N1. The van der Waals surface area contributed by atoms with Crippen LogP contribution < -0.4 is 16.0 Å². The molecule has 0 saturated carbocycles. The average molecular weight is 400 g/mol. The number of nitrogens with zero attached hydrogens (tertiary/aromatic N) is 5. The van der Waals surface area contributed by atoms with Crippen molar-refractivity contribution >= 4 is 40.5 Å². The second-order valence-electron chi connectivity index (χ2n) is 7.10. The summed E-state index contributed by atoms with van der Waals surface area (Å²) in [5, 5.41) is 13.9. The number of aromatic nitrogens is 5. The van der Waals surface area contributed by atoms with Crippen molar-refractivity contribution in [2.75, 3.05) is 16.0 Å². The monoisotopic (exact) mass is 400 g/mol. The summed E-state index contributed by atoms with van der Waals surface area (Å²) in [7, 11) is 0. The minimum absolute atomic E-state index is 0.0158. The van der Waals surface area contributed by atoms with Crippen LogP contribution in [0.4, 0.5) is 29.0 Å². The van der Waals surface area contributed by atoms with Crippen LogP contribution in [-0.2, 0) is 11.2 Å². The third-order valence-electron chi connectivity index (χ3n) is 4.86. The Balaban J connectivity index is 1.59. The van der Waals surface area contributed by atoms with Gasteiger partial charge in [-0.25, -0.2) is 0 Å². The van der Waals surface area contributed by atoms with Crippen molar-refractivity contribution in [3.63, 3.8) is 0 Å². The molecule has 1 aliphatic heterocycles. The van der Waals surface area contributed by atoms with Crippen LogP contribution in [0.15, 0.2) is 55.0 Å². The van der Waals surface area contributed by atoms with Crippen molar-refractivity contribution in [1.82, 2.24) is 24.6 Å². The first-order chi connectivity index (χ1) is 14.7. The molecular formula is C21H20N8O. The van der Waals surface area contributed by atoms with Crippen LogP contribution in [0.2, 0.25) is 0 Å². The lowest BCUT2D eigenvalue weighted by Crippen LogP contribution is -2.12. The first kappa shape index (κ1) is 18.0. The molecule has 0 spiro atoms. The number of anilines is 5. The molecule has 1 aromatic carbocycles. The Morgan fingerprint density at radius 2 is 1.83 bits per heavy atom.